The largest absolute Gasteiger partial charge is 0.359 e. The molecule has 368 valence electrons. The second kappa shape index (κ2) is 20.9. The van der Waals surface area contributed by atoms with Crippen LogP contribution in [0.1, 0.15) is 83.0 Å². The molecule has 2 atom stereocenters. The molecule has 0 radical (unpaired) electrons. The van der Waals surface area contributed by atoms with Crippen LogP contribution in [0.25, 0.3) is 0 Å². The Morgan fingerprint density at radius 1 is 0.791 bits per heavy atom. The van der Waals surface area contributed by atoms with E-state index in [0.29, 0.717) is 18.5 Å². The molecule has 4 aliphatic carbocycles. The van der Waals surface area contributed by atoms with E-state index in [1.807, 2.05) is 14.1 Å². The van der Waals surface area contributed by atoms with Crippen molar-refractivity contribution in [1.82, 2.24) is 49.4 Å². The van der Waals surface area contributed by atoms with Crippen LogP contribution in [0.5, 0.6) is 0 Å². The minimum atomic E-state index is -4.03. The number of likely N-dealkylation sites (N-methyl/N-ethyl adjacent to an activating group) is 4. The summed E-state index contributed by atoms with van der Waals surface area (Å²) < 4.78 is 58.4. The summed E-state index contributed by atoms with van der Waals surface area (Å²) in [6, 6.07) is 6.46. The number of nitrogens with zero attached hydrogens (tertiary/aromatic N) is 8. The normalized spacial score (nSPS) is 20.3. The number of ether oxygens (including phenoxy) is 1. The van der Waals surface area contributed by atoms with E-state index in [1.165, 1.54) is 85.8 Å². The maximum absolute atomic E-state index is 13.0. The third-order valence-electron chi connectivity index (χ3n) is 14.3. The van der Waals surface area contributed by atoms with Gasteiger partial charge in [0.25, 0.3) is 29.4 Å². The Morgan fingerprint density at radius 2 is 1.33 bits per heavy atom. The molecule has 67 heavy (non-hydrogen) atoms. The van der Waals surface area contributed by atoms with Crippen molar-refractivity contribution in [3.05, 3.63) is 56.6 Å². The number of aromatic nitrogens is 6. The van der Waals surface area contributed by atoms with Crippen molar-refractivity contribution in [3.63, 3.8) is 0 Å². The van der Waals surface area contributed by atoms with Gasteiger partial charge in [0.05, 0.1) is 0 Å². The summed E-state index contributed by atoms with van der Waals surface area (Å²) >= 11 is 0. The predicted molar refractivity (Wildman–Crippen MR) is 267 cm³/mol. The highest BCUT2D eigenvalue weighted by Crippen LogP contribution is 2.41. The molecule has 17 nitrogen and oxygen atoms in total. The van der Waals surface area contributed by atoms with Crippen molar-refractivity contribution < 1.29 is 21.6 Å². The highest BCUT2D eigenvalue weighted by molar-refractivity contribution is 8.13. The molecule has 0 saturated carbocycles. The van der Waals surface area contributed by atoms with E-state index in [4.69, 9.17) is 15.4 Å². The van der Waals surface area contributed by atoms with Crippen molar-refractivity contribution in [1.29, 1.82) is 0 Å². The van der Waals surface area contributed by atoms with Gasteiger partial charge in [-0.2, -0.15) is 14.3 Å². The Morgan fingerprint density at radius 3 is 1.79 bits per heavy atom. The molecule has 6 aliphatic rings. The fourth-order valence-electron chi connectivity index (χ4n) is 10.4. The number of anilines is 4. The van der Waals surface area contributed by atoms with Gasteiger partial charge in [-0.15, -0.1) is 10.2 Å². The van der Waals surface area contributed by atoms with Gasteiger partial charge in [-0.3, -0.25) is 0 Å². The Bertz CT molecular complexity index is 2570. The minimum Gasteiger partial charge on any atom is -0.359 e. The van der Waals surface area contributed by atoms with Crippen LogP contribution in [0.2, 0.25) is 25.7 Å². The third-order valence-corrected chi connectivity index (χ3v) is 18.7. The van der Waals surface area contributed by atoms with E-state index in [0.717, 1.165) is 107 Å². The summed E-state index contributed by atoms with van der Waals surface area (Å²) in [6.45, 7) is 11.7. The van der Waals surface area contributed by atoms with Crippen molar-refractivity contribution in [2.45, 2.75) is 145 Å². The number of rotatable bonds is 14. The van der Waals surface area contributed by atoms with E-state index in [-0.39, 0.29) is 17.9 Å². The van der Waals surface area contributed by atoms with Crippen LogP contribution in [0.4, 0.5) is 23.3 Å². The summed E-state index contributed by atoms with van der Waals surface area (Å²) in [4.78, 5) is 13.0. The molecule has 4 heterocycles. The number of hydrogen-bond acceptors (Lipinski definition) is 14. The Kier molecular flexibility index (Phi) is 15.5. The molecule has 0 amide bonds. The lowest BCUT2D eigenvalue weighted by atomic mass is 9.99. The minimum absolute atomic E-state index is 0.0350. The number of hydrogen-bond donors (Lipinski definition) is 4. The molecule has 2 aromatic carbocycles. The molecule has 2 saturated heterocycles. The summed E-state index contributed by atoms with van der Waals surface area (Å²) in [5.74, 6) is 0.687. The molecule has 2 aromatic heterocycles. The third kappa shape index (κ3) is 11.8. The first-order chi connectivity index (χ1) is 31.9. The van der Waals surface area contributed by atoms with Gasteiger partial charge in [0.2, 0.25) is 11.9 Å². The molecular formula is C46H71ClN12O5S2Si. The van der Waals surface area contributed by atoms with Gasteiger partial charge in [-0.1, -0.05) is 31.8 Å². The van der Waals surface area contributed by atoms with Crippen LogP contribution in [0.15, 0.2) is 22.4 Å². The van der Waals surface area contributed by atoms with Gasteiger partial charge in [-0.05, 0) is 175 Å². The van der Waals surface area contributed by atoms with Gasteiger partial charge in [-0.25, -0.2) is 26.6 Å². The fraction of sp³-hybridized carbons (Fsp3) is 0.652. The second-order valence-corrected chi connectivity index (χ2v) is 30.4. The number of fused-ring (bicyclic) bond motifs is 4. The van der Waals surface area contributed by atoms with E-state index in [9.17, 15) is 16.8 Å². The molecule has 0 spiro atoms. The lowest BCUT2D eigenvalue weighted by Crippen LogP contribution is -2.39. The molecule has 10 rings (SSSR count). The van der Waals surface area contributed by atoms with Crippen molar-refractivity contribution in [3.8, 4) is 0 Å². The number of benzene rings is 2. The van der Waals surface area contributed by atoms with Crippen LogP contribution in [-0.2, 0) is 81.9 Å². The predicted octanol–water partition coefficient (Wildman–Crippen LogP) is 6.00. The van der Waals surface area contributed by atoms with Gasteiger partial charge < -0.3 is 30.5 Å². The first-order valence-corrected chi connectivity index (χ1v) is 31.6. The van der Waals surface area contributed by atoms with Crippen LogP contribution in [0.3, 0.4) is 0 Å². The molecule has 4 N–H and O–H groups in total. The smallest absolute Gasteiger partial charge is 0.298 e. The molecule has 21 heteroatoms. The topological polar surface area (TPSA) is 196 Å². The number of nitrogens with one attached hydrogen (secondary N) is 4. The van der Waals surface area contributed by atoms with Crippen molar-refractivity contribution in [2.24, 2.45) is 0 Å². The molecular weight excluding hydrogens is 928 g/mol. The van der Waals surface area contributed by atoms with E-state index >= 15 is 0 Å². The lowest BCUT2D eigenvalue weighted by molar-refractivity contribution is 0.0792. The van der Waals surface area contributed by atoms with Crippen LogP contribution >= 0.6 is 10.7 Å². The van der Waals surface area contributed by atoms with Gasteiger partial charge in [0.1, 0.15) is 6.73 Å². The van der Waals surface area contributed by atoms with Crippen LogP contribution < -0.4 is 16.0 Å². The number of halogens is 1. The van der Waals surface area contributed by atoms with Crippen molar-refractivity contribution >= 4 is 61.1 Å². The number of likely N-dealkylation sites (tertiary alicyclic amines) is 2. The lowest BCUT2D eigenvalue weighted by Gasteiger charge is -2.22. The van der Waals surface area contributed by atoms with E-state index < -0.39 is 32.3 Å². The maximum atomic E-state index is 13.0. The Hall–Kier alpha value is -3.47. The Labute approximate surface area is 403 Å². The van der Waals surface area contributed by atoms with Crippen molar-refractivity contribution in [2.75, 3.05) is 71.6 Å². The molecule has 2 unspecified atom stereocenters. The molecule has 4 aromatic rings. The Balaban J connectivity index is 0.000000156. The number of aromatic amines is 1. The van der Waals surface area contributed by atoms with Crippen LogP contribution in [-0.4, -0.2) is 142 Å². The van der Waals surface area contributed by atoms with E-state index in [1.54, 1.807) is 7.05 Å². The monoisotopic (exact) mass is 998 g/mol. The SMILES string of the molecule is CN1CCC(N(C)S(=O)(=O)c2nc(Nc3c4c(cc5c3CCC5)CCC4)n[nH]2)C1.CNC1CCN(C)C1.C[Si](C)(C)CCOCn1nc(S(=O)(=O)Cl)nc1Nc1c2c(cc3c1CCC3)CCC2. The highest BCUT2D eigenvalue weighted by Gasteiger charge is 2.35. The quantitative estimate of drug-likeness (QED) is 0.0653. The van der Waals surface area contributed by atoms with Gasteiger partial charge >= 0.3 is 0 Å². The standard InChI is InChI=1S/C20H29ClN4O3SSi.C20H28N6O2S.C6H14N2/c1-30(2,3)11-10-28-13-25-19(23-20(24-25)29(21,26)27)22-18-16-8-4-6-14(16)12-15-7-5-9-17(15)18;1-25-10-9-15(12-25)26(2)29(27,28)20-22-19(23-24-20)21-18-16-7-3-5-13(16)11-14-6-4-8-17(14)18;1-7-6-3-4-8(2)5-6/h12H,4-11,13H2,1-3H3,(H,22,23,24);11,15H,3-10,12H2,1-2H3,(H2,21,22,23,24);6-7H,3-5H2,1-2H3. The number of H-pyrrole nitrogens is 1. The zero-order chi connectivity index (χ0) is 47.7. The van der Waals surface area contributed by atoms with E-state index in [2.05, 4.69) is 89.8 Å². The zero-order valence-electron chi connectivity index (χ0n) is 40.5. The molecule has 2 fully saturated rings. The second-order valence-electron chi connectivity index (χ2n) is 20.4. The molecule has 0 bridgehead atoms. The maximum Gasteiger partial charge on any atom is 0.298 e. The summed E-state index contributed by atoms with van der Waals surface area (Å²) in [6.07, 6.45) is 15.3. The average Bonchev–Trinajstić information content (AvgIpc) is 4.12. The first-order valence-electron chi connectivity index (χ1n) is 24.2. The number of aryl methyl sites for hydroxylation is 4. The number of sulfonamides is 1. The average molecular weight is 1000 g/mol. The van der Waals surface area contributed by atoms with Crippen LogP contribution in [0, 0.1) is 0 Å². The summed E-state index contributed by atoms with van der Waals surface area (Å²) in [5.41, 5.74) is 13.1. The first kappa shape index (κ1) is 49.9. The highest BCUT2D eigenvalue weighted by atomic mass is 35.7. The van der Waals surface area contributed by atoms with Gasteiger partial charge in [0.15, 0.2) is 0 Å². The van der Waals surface area contributed by atoms with Gasteiger partial charge in [0, 0.05) is 69.0 Å². The summed E-state index contributed by atoms with van der Waals surface area (Å²) in [7, 11) is 4.40. The fourth-order valence-corrected chi connectivity index (χ4v) is 13.0. The summed E-state index contributed by atoms with van der Waals surface area (Å²) in [5, 5.41) is 20.5. The molecule has 2 aliphatic heterocycles. The zero-order valence-corrected chi connectivity index (χ0v) is 43.9.